The first-order valence-corrected chi connectivity index (χ1v) is 8.56. The maximum Gasteiger partial charge on any atom is 0.247 e. The molecule has 0 unspecified atom stereocenters. The molecule has 5 heteroatoms. The number of hydrogen-bond donors (Lipinski definition) is 0. The molecule has 1 rings (SSSR count). The summed E-state index contributed by atoms with van der Waals surface area (Å²) < 4.78 is 5.23. The molecule has 0 heterocycles. The molecule has 0 fully saturated rings. The van der Waals surface area contributed by atoms with Crippen molar-refractivity contribution < 1.29 is 9.53 Å². The van der Waals surface area contributed by atoms with Crippen LogP contribution in [0.4, 0.5) is 0 Å². The quantitative estimate of drug-likeness (QED) is 0.295. The number of Topliss-reactive ketones (excluding diaryl/α,β-unsaturated/α-hetero) is 1. The van der Waals surface area contributed by atoms with E-state index in [4.69, 9.17) is 27.9 Å². The average Bonchev–Trinajstić information content (AvgIpc) is 2.43. The SMILES string of the molecule is CC=C(C)[Si]CCCC(=O)c1ccccc1OC(Cl)Cl. The number of allylic oxidation sites excluding steroid dienone is 2. The predicted octanol–water partition coefficient (Wildman–Crippen LogP) is 4.84. The van der Waals surface area contributed by atoms with Crippen LogP contribution >= 0.6 is 23.2 Å². The summed E-state index contributed by atoms with van der Waals surface area (Å²) in [6, 6.07) is 8.09. The van der Waals surface area contributed by atoms with Crippen LogP contribution in [0.1, 0.15) is 37.0 Å². The van der Waals surface area contributed by atoms with Gasteiger partial charge < -0.3 is 4.74 Å². The fraction of sp³-hybridized carbons (Fsp3) is 0.400. The highest BCUT2D eigenvalue weighted by molar-refractivity contribution is 6.45. The number of hydrogen-bond acceptors (Lipinski definition) is 2. The minimum Gasteiger partial charge on any atom is -0.460 e. The molecule has 0 N–H and O–H groups in total. The topological polar surface area (TPSA) is 26.3 Å². The van der Waals surface area contributed by atoms with Crippen LogP contribution in [0.25, 0.3) is 0 Å². The summed E-state index contributed by atoms with van der Waals surface area (Å²) in [6.45, 7) is 4.15. The van der Waals surface area contributed by atoms with Crippen LogP contribution in [0.3, 0.4) is 0 Å². The molecule has 1 aromatic carbocycles. The Bertz CT molecular complexity index is 473. The normalized spacial score (nSPS) is 11.8. The van der Waals surface area contributed by atoms with Crippen molar-refractivity contribution in [2.45, 2.75) is 37.8 Å². The summed E-state index contributed by atoms with van der Waals surface area (Å²) in [4.78, 5) is 12.2. The van der Waals surface area contributed by atoms with E-state index in [-0.39, 0.29) is 5.78 Å². The second-order valence-electron chi connectivity index (χ2n) is 4.30. The van der Waals surface area contributed by atoms with Crippen LogP contribution in [0.15, 0.2) is 35.5 Å². The molecule has 0 atom stereocenters. The van der Waals surface area contributed by atoms with Gasteiger partial charge in [0.2, 0.25) is 5.02 Å². The molecular formula is C15H18Cl2O2Si. The molecule has 2 nitrogen and oxygen atoms in total. The third kappa shape index (κ3) is 6.12. The van der Waals surface area contributed by atoms with Gasteiger partial charge in [-0.25, -0.2) is 0 Å². The summed E-state index contributed by atoms with van der Waals surface area (Å²) in [6.07, 6.45) is 3.51. The van der Waals surface area contributed by atoms with Crippen molar-refractivity contribution in [3.05, 3.63) is 41.1 Å². The standard InChI is InChI=1S/C15H18Cl2O2Si/c1-3-11(2)20-10-6-8-13(18)12-7-4-5-9-14(12)19-15(16)17/h3-5,7,9,15H,6,8,10H2,1-2H3. The van der Waals surface area contributed by atoms with E-state index < -0.39 is 5.02 Å². The van der Waals surface area contributed by atoms with Gasteiger partial charge in [0.25, 0.3) is 0 Å². The largest absolute Gasteiger partial charge is 0.460 e. The lowest BCUT2D eigenvalue weighted by atomic mass is 10.1. The lowest BCUT2D eigenvalue weighted by Gasteiger charge is -2.10. The Morgan fingerprint density at radius 1 is 1.40 bits per heavy atom. The zero-order valence-electron chi connectivity index (χ0n) is 11.7. The first-order valence-electron chi connectivity index (χ1n) is 6.48. The first-order chi connectivity index (χ1) is 9.54. The summed E-state index contributed by atoms with van der Waals surface area (Å²) in [7, 11) is 0.792. The Morgan fingerprint density at radius 3 is 2.75 bits per heavy atom. The second kappa shape index (κ2) is 9.22. The number of ketones is 1. The van der Waals surface area contributed by atoms with Crippen molar-refractivity contribution in [3.63, 3.8) is 0 Å². The number of carbonyl (C=O) groups excluding carboxylic acids is 1. The Morgan fingerprint density at radius 2 is 2.10 bits per heavy atom. The van der Waals surface area contributed by atoms with Gasteiger partial charge in [-0.3, -0.25) is 4.79 Å². The molecule has 0 bridgehead atoms. The molecule has 0 spiro atoms. The highest BCUT2D eigenvalue weighted by Crippen LogP contribution is 2.23. The van der Waals surface area contributed by atoms with Gasteiger partial charge >= 0.3 is 0 Å². The fourth-order valence-electron chi connectivity index (χ4n) is 1.67. The van der Waals surface area contributed by atoms with Gasteiger partial charge in [0, 0.05) is 6.42 Å². The van der Waals surface area contributed by atoms with Crippen LogP contribution in [0.5, 0.6) is 5.75 Å². The fourth-order valence-corrected chi connectivity index (χ4v) is 2.81. The molecule has 0 aliphatic carbocycles. The van der Waals surface area contributed by atoms with Crippen molar-refractivity contribution >= 4 is 38.5 Å². The molecule has 0 aromatic heterocycles. The van der Waals surface area contributed by atoms with Gasteiger partial charge in [-0.2, -0.15) is 0 Å². The number of alkyl halides is 2. The van der Waals surface area contributed by atoms with Gasteiger partial charge in [0.15, 0.2) is 5.78 Å². The third-order valence-electron chi connectivity index (χ3n) is 2.82. The van der Waals surface area contributed by atoms with Crippen LogP contribution in [-0.2, 0) is 0 Å². The Kier molecular flexibility index (Phi) is 7.96. The minimum absolute atomic E-state index is 0.0671. The van der Waals surface area contributed by atoms with Crippen LogP contribution in [0, 0.1) is 0 Å². The van der Waals surface area contributed by atoms with Crippen molar-refractivity contribution in [1.82, 2.24) is 0 Å². The monoisotopic (exact) mass is 328 g/mol. The lowest BCUT2D eigenvalue weighted by molar-refractivity contribution is 0.0978. The molecule has 20 heavy (non-hydrogen) atoms. The Balaban J connectivity index is 2.55. The van der Waals surface area contributed by atoms with Crippen LogP contribution in [0.2, 0.25) is 6.04 Å². The molecule has 0 saturated carbocycles. The molecule has 0 aliphatic rings. The van der Waals surface area contributed by atoms with Crippen molar-refractivity contribution in [1.29, 1.82) is 0 Å². The summed E-state index contributed by atoms with van der Waals surface area (Å²) in [5, 5.41) is 0.413. The van der Waals surface area contributed by atoms with Crippen LogP contribution in [-0.4, -0.2) is 20.3 Å². The molecule has 2 radical (unpaired) electrons. The summed E-state index contributed by atoms with van der Waals surface area (Å²) >= 11 is 11.2. The minimum atomic E-state index is -0.970. The zero-order chi connectivity index (χ0) is 15.0. The molecule has 0 amide bonds. The number of ether oxygens (including phenoxy) is 1. The molecule has 108 valence electrons. The van der Waals surface area contributed by atoms with Gasteiger partial charge in [0.05, 0.1) is 15.1 Å². The van der Waals surface area contributed by atoms with E-state index >= 15 is 0 Å². The zero-order valence-corrected chi connectivity index (χ0v) is 14.2. The number of halogens is 2. The van der Waals surface area contributed by atoms with Gasteiger partial charge in [-0.15, -0.1) is 0 Å². The first kappa shape index (κ1) is 17.3. The number of carbonyl (C=O) groups is 1. The number of para-hydroxylation sites is 1. The van der Waals surface area contributed by atoms with Crippen molar-refractivity contribution in [3.8, 4) is 5.75 Å². The maximum absolute atomic E-state index is 12.2. The van der Waals surface area contributed by atoms with E-state index in [1.165, 1.54) is 5.20 Å². The average molecular weight is 329 g/mol. The smallest absolute Gasteiger partial charge is 0.247 e. The van der Waals surface area contributed by atoms with Crippen molar-refractivity contribution in [2.24, 2.45) is 0 Å². The van der Waals surface area contributed by atoms with E-state index in [2.05, 4.69) is 13.0 Å². The molecule has 1 aromatic rings. The van der Waals surface area contributed by atoms with Gasteiger partial charge in [0.1, 0.15) is 5.75 Å². The highest BCUT2D eigenvalue weighted by atomic mass is 35.5. The van der Waals surface area contributed by atoms with E-state index in [0.29, 0.717) is 17.7 Å². The third-order valence-corrected chi connectivity index (χ3v) is 4.45. The van der Waals surface area contributed by atoms with E-state index in [0.717, 1.165) is 22.0 Å². The van der Waals surface area contributed by atoms with Gasteiger partial charge in [-0.05, 0) is 32.4 Å². The Hall–Kier alpha value is -0.773. The number of benzene rings is 1. The highest BCUT2D eigenvalue weighted by Gasteiger charge is 2.13. The molecule has 0 saturated heterocycles. The van der Waals surface area contributed by atoms with Crippen LogP contribution < -0.4 is 4.74 Å². The number of rotatable bonds is 8. The Labute approximate surface area is 132 Å². The van der Waals surface area contributed by atoms with E-state index in [1.807, 2.05) is 13.0 Å². The van der Waals surface area contributed by atoms with Crippen molar-refractivity contribution in [2.75, 3.05) is 0 Å². The predicted molar refractivity (Wildman–Crippen MR) is 86.1 cm³/mol. The summed E-state index contributed by atoms with van der Waals surface area (Å²) in [5.74, 6) is 0.511. The summed E-state index contributed by atoms with van der Waals surface area (Å²) in [5.41, 5.74) is 0.546. The molecular weight excluding hydrogens is 311 g/mol. The second-order valence-corrected chi connectivity index (χ2v) is 6.96. The van der Waals surface area contributed by atoms with E-state index in [1.54, 1.807) is 18.2 Å². The van der Waals surface area contributed by atoms with Gasteiger partial charge in [-0.1, -0.05) is 52.7 Å². The van der Waals surface area contributed by atoms with E-state index in [9.17, 15) is 4.79 Å². The lowest BCUT2D eigenvalue weighted by Crippen LogP contribution is -2.07. The molecule has 0 aliphatic heterocycles. The maximum atomic E-state index is 12.2.